The van der Waals surface area contributed by atoms with Crippen molar-refractivity contribution in [2.45, 2.75) is 108 Å². The largest absolute Gasteiger partial charge is 0.396 e. The Balaban J connectivity index is 2.79. The van der Waals surface area contributed by atoms with E-state index in [0.29, 0.717) is 38.5 Å². The van der Waals surface area contributed by atoms with E-state index in [0.717, 1.165) is 31.6 Å². The summed E-state index contributed by atoms with van der Waals surface area (Å²) in [6, 6.07) is 0.164. The molecule has 186 valence electrons. The minimum atomic E-state index is -1.14. The van der Waals surface area contributed by atoms with E-state index in [1.165, 1.54) is 0 Å². The second-order valence-corrected chi connectivity index (χ2v) is 10.2. The lowest BCUT2D eigenvalue weighted by Gasteiger charge is -2.31. The Bertz CT molecular complexity index is 446. The molecule has 1 rings (SSSR count). The lowest BCUT2D eigenvalue weighted by atomic mass is 9.88. The molecule has 7 nitrogen and oxygen atoms in total. The maximum absolute atomic E-state index is 10.6. The molecule has 0 aromatic heterocycles. The smallest absolute Gasteiger partial charge is 0.155 e. The van der Waals surface area contributed by atoms with Gasteiger partial charge in [-0.2, -0.15) is 11.8 Å². The van der Waals surface area contributed by atoms with Gasteiger partial charge < -0.3 is 35.6 Å². The van der Waals surface area contributed by atoms with Crippen LogP contribution in [0.3, 0.4) is 0 Å². The number of ether oxygens (including phenoxy) is 1. The van der Waals surface area contributed by atoms with Gasteiger partial charge in [0, 0.05) is 19.1 Å². The molecule has 0 saturated carbocycles. The lowest BCUT2D eigenvalue weighted by Crippen LogP contribution is -2.38. The molecule has 1 aliphatic heterocycles. The minimum Gasteiger partial charge on any atom is -0.396 e. The van der Waals surface area contributed by atoms with Crippen molar-refractivity contribution in [2.24, 2.45) is 11.8 Å². The first-order valence-corrected chi connectivity index (χ1v) is 13.4. The molecule has 1 aliphatic rings. The zero-order chi connectivity index (χ0) is 23.2. The molecule has 1 fully saturated rings. The van der Waals surface area contributed by atoms with Gasteiger partial charge >= 0.3 is 0 Å². The van der Waals surface area contributed by atoms with Crippen LogP contribution < -0.4 is 5.32 Å². The summed E-state index contributed by atoms with van der Waals surface area (Å²) in [4.78, 5) is 0. The third-order valence-electron chi connectivity index (χ3n) is 6.58. The Labute approximate surface area is 193 Å². The summed E-state index contributed by atoms with van der Waals surface area (Å²) in [5.41, 5.74) is 0. The zero-order valence-corrected chi connectivity index (χ0v) is 20.5. The van der Waals surface area contributed by atoms with Crippen molar-refractivity contribution in [2.75, 3.05) is 25.2 Å². The highest BCUT2D eigenvalue weighted by Crippen LogP contribution is 2.26. The fraction of sp³-hybridized carbons (Fsp3) is 1.00. The van der Waals surface area contributed by atoms with Crippen LogP contribution in [0.1, 0.15) is 71.6 Å². The fourth-order valence-electron chi connectivity index (χ4n) is 4.32. The number of rotatable bonds is 9. The lowest BCUT2D eigenvalue weighted by molar-refractivity contribution is -0.156. The van der Waals surface area contributed by atoms with Crippen LogP contribution in [-0.4, -0.2) is 87.4 Å². The van der Waals surface area contributed by atoms with E-state index in [1.807, 2.05) is 25.6 Å². The summed E-state index contributed by atoms with van der Waals surface area (Å²) < 4.78 is 5.86. The topological polar surface area (TPSA) is 122 Å². The number of nitrogens with one attached hydrogen (secondary N) is 1. The number of hydrogen-bond acceptors (Lipinski definition) is 8. The molecule has 6 N–H and O–H groups in total. The highest BCUT2D eigenvalue weighted by molar-refractivity contribution is 7.98. The van der Waals surface area contributed by atoms with Gasteiger partial charge in [0.25, 0.3) is 0 Å². The molecule has 31 heavy (non-hydrogen) atoms. The summed E-state index contributed by atoms with van der Waals surface area (Å²) in [6.07, 6.45) is 3.93. The van der Waals surface area contributed by atoms with Crippen LogP contribution in [0.5, 0.6) is 0 Å². The van der Waals surface area contributed by atoms with E-state index in [9.17, 15) is 25.5 Å². The van der Waals surface area contributed by atoms with Crippen LogP contribution in [0.25, 0.3) is 0 Å². The Morgan fingerprint density at radius 2 is 1.74 bits per heavy atom. The predicted molar refractivity (Wildman–Crippen MR) is 126 cm³/mol. The fourth-order valence-corrected chi connectivity index (χ4v) is 4.75. The first-order chi connectivity index (χ1) is 14.8. The Morgan fingerprint density at radius 3 is 2.42 bits per heavy atom. The van der Waals surface area contributed by atoms with Crippen molar-refractivity contribution in [3.63, 3.8) is 0 Å². The van der Waals surface area contributed by atoms with Crippen molar-refractivity contribution < 1.29 is 30.3 Å². The summed E-state index contributed by atoms with van der Waals surface area (Å²) in [5.74, 6) is 1.37. The molecule has 8 unspecified atom stereocenters. The van der Waals surface area contributed by atoms with Gasteiger partial charge in [0.1, 0.15) is 6.10 Å². The van der Waals surface area contributed by atoms with E-state index in [-0.39, 0.29) is 30.6 Å². The van der Waals surface area contributed by atoms with E-state index >= 15 is 0 Å². The van der Waals surface area contributed by atoms with Crippen molar-refractivity contribution in [3.8, 4) is 0 Å². The molecule has 1 heterocycles. The second-order valence-electron chi connectivity index (χ2n) is 9.25. The van der Waals surface area contributed by atoms with E-state index in [4.69, 9.17) is 4.74 Å². The molecule has 0 aromatic carbocycles. The van der Waals surface area contributed by atoms with Crippen LogP contribution in [0.4, 0.5) is 0 Å². The zero-order valence-electron chi connectivity index (χ0n) is 19.7. The van der Waals surface area contributed by atoms with Crippen molar-refractivity contribution in [3.05, 3.63) is 0 Å². The molecule has 8 atom stereocenters. The van der Waals surface area contributed by atoms with Crippen molar-refractivity contribution in [1.82, 2.24) is 5.32 Å². The van der Waals surface area contributed by atoms with Crippen molar-refractivity contribution >= 4 is 11.8 Å². The highest BCUT2D eigenvalue weighted by atomic mass is 32.2. The van der Waals surface area contributed by atoms with E-state index in [1.54, 1.807) is 0 Å². The molecule has 0 spiro atoms. The van der Waals surface area contributed by atoms with Crippen LogP contribution >= 0.6 is 11.8 Å². The Hall–Kier alpha value is 0.0700. The monoisotopic (exact) mass is 465 g/mol. The summed E-state index contributed by atoms with van der Waals surface area (Å²) in [6.45, 7) is 4.94. The normalized spacial score (nSPS) is 35.4. The van der Waals surface area contributed by atoms with Crippen molar-refractivity contribution in [1.29, 1.82) is 0 Å². The molecule has 0 aromatic rings. The van der Waals surface area contributed by atoms with Crippen LogP contribution in [0, 0.1) is 11.8 Å². The van der Waals surface area contributed by atoms with Gasteiger partial charge in [-0.3, -0.25) is 0 Å². The molecular formula is C23H47NO6S. The molecular weight excluding hydrogens is 418 g/mol. The first-order valence-electron chi connectivity index (χ1n) is 12.0. The third kappa shape index (κ3) is 12.2. The molecule has 8 heteroatoms. The van der Waals surface area contributed by atoms with Crippen LogP contribution in [-0.2, 0) is 4.74 Å². The maximum Gasteiger partial charge on any atom is 0.155 e. The average Bonchev–Trinajstić information content (AvgIpc) is 2.73. The Kier molecular flexibility index (Phi) is 15.6. The van der Waals surface area contributed by atoms with E-state index < -0.39 is 24.6 Å². The Morgan fingerprint density at radius 1 is 1.03 bits per heavy atom. The highest BCUT2D eigenvalue weighted by Gasteiger charge is 2.28. The van der Waals surface area contributed by atoms with Crippen LogP contribution in [0.2, 0.25) is 0 Å². The van der Waals surface area contributed by atoms with E-state index in [2.05, 4.69) is 11.6 Å². The summed E-state index contributed by atoms with van der Waals surface area (Å²) in [5, 5.41) is 54.4. The quantitative estimate of drug-likeness (QED) is 0.285. The summed E-state index contributed by atoms with van der Waals surface area (Å²) >= 11 is 1.82. The third-order valence-corrected chi connectivity index (χ3v) is 7.28. The molecule has 0 radical (unpaired) electrons. The van der Waals surface area contributed by atoms with Gasteiger partial charge in [0.2, 0.25) is 0 Å². The van der Waals surface area contributed by atoms with Gasteiger partial charge in [-0.25, -0.2) is 0 Å². The minimum absolute atomic E-state index is 0.107. The molecule has 0 bridgehead atoms. The number of thioether (sulfide) groups is 1. The average molecular weight is 466 g/mol. The maximum atomic E-state index is 10.6. The van der Waals surface area contributed by atoms with Gasteiger partial charge in [0.05, 0.1) is 18.3 Å². The number of hydrogen-bond donors (Lipinski definition) is 6. The second kappa shape index (κ2) is 16.6. The van der Waals surface area contributed by atoms with Gasteiger partial charge in [-0.05, 0) is 75.8 Å². The molecule has 0 amide bonds. The van der Waals surface area contributed by atoms with Gasteiger partial charge in [-0.1, -0.05) is 19.8 Å². The molecule has 0 aliphatic carbocycles. The number of aliphatic hydroxyl groups excluding tert-OH is 5. The van der Waals surface area contributed by atoms with Gasteiger partial charge in [0.15, 0.2) is 6.29 Å². The molecule has 1 saturated heterocycles. The SMILES string of the molecule is CSCCCNC(CCO)CC1CCCC(O)C(O)C(O)CCC(C)C(C)OC(O)C1. The number of aliphatic hydroxyl groups is 5. The summed E-state index contributed by atoms with van der Waals surface area (Å²) in [7, 11) is 0. The predicted octanol–water partition coefficient (Wildman–Crippen LogP) is 1.88. The standard InChI is InChI=1S/C23H47NO6S/c1-16-8-9-21(27)23(29)20(26)7-4-6-18(15-22(28)30-17(16)2)14-19(10-12-25)24-11-5-13-31-3/h16-29H,4-15H2,1-3H3. The van der Waals surface area contributed by atoms with Gasteiger partial charge in [-0.15, -0.1) is 0 Å². The first kappa shape index (κ1) is 29.1. The van der Waals surface area contributed by atoms with Crippen LogP contribution in [0.15, 0.2) is 0 Å².